The van der Waals surface area contributed by atoms with Gasteiger partial charge < -0.3 is 14.7 Å². The van der Waals surface area contributed by atoms with Crippen molar-refractivity contribution in [2.24, 2.45) is 0 Å². The van der Waals surface area contributed by atoms with Crippen LogP contribution in [-0.2, 0) is 14.6 Å². The Morgan fingerprint density at radius 3 is 2.52 bits per heavy atom. The summed E-state index contributed by atoms with van der Waals surface area (Å²) in [6.45, 7) is 3.52. The van der Waals surface area contributed by atoms with Crippen molar-refractivity contribution in [3.05, 3.63) is 23.8 Å². The van der Waals surface area contributed by atoms with Gasteiger partial charge in [-0.15, -0.1) is 0 Å². The zero-order chi connectivity index (χ0) is 20.2. The van der Waals surface area contributed by atoms with Gasteiger partial charge in [0, 0.05) is 18.5 Å². The molecule has 0 aliphatic carbocycles. The van der Waals surface area contributed by atoms with Crippen LogP contribution in [0.5, 0.6) is 5.75 Å². The first-order chi connectivity index (χ1) is 12.4. The molecule has 10 heteroatoms. The van der Waals surface area contributed by atoms with E-state index in [0.29, 0.717) is 19.4 Å². The maximum Gasteiger partial charge on any atom is 0.501 e. The lowest BCUT2D eigenvalue weighted by atomic mass is 9.84. The van der Waals surface area contributed by atoms with Gasteiger partial charge in [-0.3, -0.25) is 4.79 Å². The highest BCUT2D eigenvalue weighted by atomic mass is 32.2. The summed E-state index contributed by atoms with van der Waals surface area (Å²) >= 11 is 0. The summed E-state index contributed by atoms with van der Waals surface area (Å²) in [7, 11) is -5.56. The Kier molecular flexibility index (Phi) is 4.70. The second-order valence-corrected chi connectivity index (χ2v) is 9.23. The highest BCUT2D eigenvalue weighted by Crippen LogP contribution is 2.45. The minimum atomic E-state index is -5.56. The fraction of sp³-hybridized carbons (Fsp3) is 0.588. The van der Waals surface area contributed by atoms with Crippen LogP contribution in [0.15, 0.2) is 23.1 Å². The Balaban J connectivity index is 2.16. The lowest BCUT2D eigenvalue weighted by Gasteiger charge is -2.47. The summed E-state index contributed by atoms with van der Waals surface area (Å²) in [4.78, 5) is 12.8. The van der Waals surface area contributed by atoms with E-state index in [2.05, 4.69) is 0 Å². The Bertz CT molecular complexity index is 866. The number of sulfone groups is 1. The number of benzene rings is 1. The number of likely N-dealkylation sites (tertiary alicyclic amines) is 1. The molecule has 3 rings (SSSR count). The Hall–Kier alpha value is -1.81. The van der Waals surface area contributed by atoms with E-state index in [-0.39, 0.29) is 23.6 Å². The number of nitrogens with zero attached hydrogens (tertiary/aromatic N) is 1. The summed E-state index contributed by atoms with van der Waals surface area (Å²) in [5.41, 5.74) is -6.51. The van der Waals surface area contributed by atoms with Gasteiger partial charge >= 0.3 is 5.51 Å². The van der Waals surface area contributed by atoms with Gasteiger partial charge in [-0.1, -0.05) is 0 Å². The number of carbonyl (C=O) groups excluding carboxylic acids is 1. The SMILES string of the molecule is CC1(C)Oc2ccc(S(=O)(=O)C(F)(F)F)cc2[C@H](N2CCCCC2=O)[C@H]1O. The summed E-state index contributed by atoms with van der Waals surface area (Å²) in [5.74, 6) is -0.0900. The van der Waals surface area contributed by atoms with Gasteiger partial charge in [0.15, 0.2) is 0 Å². The molecule has 2 atom stereocenters. The van der Waals surface area contributed by atoms with Crippen LogP contribution in [0.1, 0.15) is 44.7 Å². The maximum absolute atomic E-state index is 12.9. The van der Waals surface area contributed by atoms with Crippen molar-refractivity contribution in [2.45, 2.75) is 61.3 Å². The lowest BCUT2D eigenvalue weighted by Crippen LogP contribution is -2.55. The van der Waals surface area contributed by atoms with Gasteiger partial charge in [0.1, 0.15) is 17.5 Å². The van der Waals surface area contributed by atoms with Crippen LogP contribution in [-0.4, -0.2) is 48.1 Å². The van der Waals surface area contributed by atoms with Crippen LogP contribution >= 0.6 is 0 Å². The average Bonchev–Trinajstić information content (AvgIpc) is 2.55. The quantitative estimate of drug-likeness (QED) is 0.815. The first-order valence-electron chi connectivity index (χ1n) is 8.48. The highest BCUT2D eigenvalue weighted by Gasteiger charge is 2.50. The minimum Gasteiger partial charge on any atom is -0.485 e. The normalized spacial score (nSPS) is 25.7. The molecular formula is C17H20F3NO5S. The van der Waals surface area contributed by atoms with Crippen LogP contribution in [0.4, 0.5) is 13.2 Å². The van der Waals surface area contributed by atoms with Gasteiger partial charge in [0.05, 0.1) is 10.9 Å². The zero-order valence-corrected chi connectivity index (χ0v) is 15.6. The van der Waals surface area contributed by atoms with Crippen molar-refractivity contribution in [1.29, 1.82) is 0 Å². The Labute approximate surface area is 154 Å². The summed E-state index contributed by atoms with van der Waals surface area (Å²) in [6.07, 6.45) is 0.399. The molecule has 0 unspecified atom stereocenters. The van der Waals surface area contributed by atoms with Gasteiger partial charge in [-0.05, 0) is 44.9 Å². The largest absolute Gasteiger partial charge is 0.501 e. The van der Waals surface area contributed by atoms with Crippen molar-refractivity contribution in [3.8, 4) is 5.75 Å². The molecule has 0 spiro atoms. The van der Waals surface area contributed by atoms with Crippen LogP contribution in [0.25, 0.3) is 0 Å². The molecule has 0 saturated carbocycles. The number of aliphatic hydroxyl groups excluding tert-OH is 1. The fourth-order valence-electron chi connectivity index (χ4n) is 3.50. The molecule has 0 bridgehead atoms. The highest BCUT2D eigenvalue weighted by molar-refractivity contribution is 7.92. The minimum absolute atomic E-state index is 0.0578. The van der Waals surface area contributed by atoms with Crippen molar-refractivity contribution >= 4 is 15.7 Å². The van der Waals surface area contributed by atoms with E-state index in [1.165, 1.54) is 4.90 Å². The molecule has 1 fully saturated rings. The molecule has 2 aliphatic heterocycles. The molecule has 27 heavy (non-hydrogen) atoms. The predicted octanol–water partition coefficient (Wildman–Crippen LogP) is 2.57. The summed E-state index contributed by atoms with van der Waals surface area (Å²) in [6, 6.07) is 1.83. The van der Waals surface area contributed by atoms with Crippen molar-refractivity contribution in [2.75, 3.05) is 6.54 Å². The van der Waals surface area contributed by atoms with Crippen molar-refractivity contribution in [3.63, 3.8) is 0 Å². The number of aliphatic hydroxyl groups is 1. The molecule has 1 N–H and O–H groups in total. The number of ether oxygens (including phenoxy) is 1. The molecule has 1 amide bonds. The van der Waals surface area contributed by atoms with Gasteiger partial charge in [-0.25, -0.2) is 8.42 Å². The molecule has 2 aliphatic rings. The Morgan fingerprint density at radius 1 is 1.26 bits per heavy atom. The average molecular weight is 407 g/mol. The van der Waals surface area contributed by atoms with E-state index >= 15 is 0 Å². The summed E-state index contributed by atoms with van der Waals surface area (Å²) < 4.78 is 68.0. The van der Waals surface area contributed by atoms with E-state index in [1.54, 1.807) is 13.8 Å². The number of alkyl halides is 3. The van der Waals surface area contributed by atoms with E-state index in [0.717, 1.165) is 18.2 Å². The van der Waals surface area contributed by atoms with Crippen LogP contribution < -0.4 is 4.74 Å². The van der Waals surface area contributed by atoms with E-state index in [4.69, 9.17) is 4.74 Å². The van der Waals surface area contributed by atoms with E-state index < -0.39 is 38.0 Å². The third-order valence-corrected chi connectivity index (χ3v) is 6.48. The number of carbonyl (C=O) groups is 1. The monoisotopic (exact) mass is 407 g/mol. The molecule has 6 nitrogen and oxygen atoms in total. The fourth-order valence-corrected chi connectivity index (χ4v) is 4.30. The molecule has 2 heterocycles. The number of rotatable bonds is 2. The molecule has 0 radical (unpaired) electrons. The topological polar surface area (TPSA) is 83.9 Å². The van der Waals surface area contributed by atoms with Crippen LogP contribution in [0.2, 0.25) is 0 Å². The second-order valence-electron chi connectivity index (χ2n) is 7.29. The molecule has 1 aromatic rings. The van der Waals surface area contributed by atoms with Gasteiger partial charge in [0.2, 0.25) is 5.91 Å². The van der Waals surface area contributed by atoms with Crippen molar-refractivity contribution in [1.82, 2.24) is 4.90 Å². The zero-order valence-electron chi connectivity index (χ0n) is 14.8. The number of hydrogen-bond acceptors (Lipinski definition) is 5. The van der Waals surface area contributed by atoms with Crippen LogP contribution in [0.3, 0.4) is 0 Å². The van der Waals surface area contributed by atoms with Crippen LogP contribution in [0, 0.1) is 0 Å². The first kappa shape index (κ1) is 19.9. The Morgan fingerprint density at radius 2 is 1.93 bits per heavy atom. The third-order valence-electron chi connectivity index (χ3n) is 5.00. The maximum atomic E-state index is 12.9. The number of amides is 1. The lowest BCUT2D eigenvalue weighted by molar-refractivity contribution is -0.147. The van der Waals surface area contributed by atoms with E-state index in [9.17, 15) is 31.5 Å². The summed E-state index contributed by atoms with van der Waals surface area (Å²) in [5, 5.41) is 10.8. The first-order valence-corrected chi connectivity index (χ1v) is 9.96. The number of piperidine rings is 1. The number of hydrogen-bond donors (Lipinski definition) is 1. The molecule has 1 aromatic carbocycles. The number of fused-ring (bicyclic) bond motifs is 1. The van der Waals surface area contributed by atoms with Gasteiger partial charge in [-0.2, -0.15) is 13.2 Å². The second kappa shape index (κ2) is 6.37. The predicted molar refractivity (Wildman–Crippen MR) is 88.7 cm³/mol. The molecular weight excluding hydrogens is 387 g/mol. The number of halogens is 3. The van der Waals surface area contributed by atoms with Gasteiger partial charge in [0.25, 0.3) is 9.84 Å². The van der Waals surface area contributed by atoms with E-state index in [1.807, 2.05) is 0 Å². The standard InChI is InChI=1S/C17H20F3NO5S/c1-16(2)15(23)14(21-8-4-3-5-13(21)22)11-9-10(6-7-12(11)26-16)27(24,25)17(18,19)20/h6-7,9,14-15,23H,3-5,8H2,1-2H3/t14-,15+/m0/s1. The molecule has 150 valence electrons. The third kappa shape index (κ3) is 3.29. The molecule has 1 saturated heterocycles. The van der Waals surface area contributed by atoms with Crippen molar-refractivity contribution < 1.29 is 36.2 Å². The smallest absolute Gasteiger partial charge is 0.485 e. The molecule has 0 aromatic heterocycles.